The molecule has 5 heteroatoms. The maximum atomic E-state index is 4.63. The third kappa shape index (κ3) is 2.92. The maximum Gasteiger partial charge on any atom is 0.0776 e. The molecule has 3 aliphatic rings. The number of hydrogen-bond donors (Lipinski definition) is 0. The van der Waals surface area contributed by atoms with Gasteiger partial charge in [-0.05, 0) is 58.5 Å². The van der Waals surface area contributed by atoms with Gasteiger partial charge in [0.05, 0.1) is 17.9 Å². The Bertz CT molecular complexity index is 836. The van der Waals surface area contributed by atoms with Crippen LogP contribution in [0.2, 0.25) is 0 Å². The van der Waals surface area contributed by atoms with Gasteiger partial charge in [0, 0.05) is 49.2 Å². The van der Waals surface area contributed by atoms with Crippen LogP contribution in [0.5, 0.6) is 0 Å². The van der Waals surface area contributed by atoms with Crippen molar-refractivity contribution in [2.75, 3.05) is 38.6 Å². The van der Waals surface area contributed by atoms with E-state index in [4.69, 9.17) is 0 Å². The van der Waals surface area contributed by atoms with Gasteiger partial charge in [-0.1, -0.05) is 17.7 Å². The molecule has 0 aliphatic carbocycles. The van der Waals surface area contributed by atoms with E-state index >= 15 is 0 Å². The zero-order valence-electron chi connectivity index (χ0n) is 17.3. The van der Waals surface area contributed by atoms with Gasteiger partial charge in [-0.25, -0.2) is 0 Å². The number of nitrogens with zero attached hydrogens (tertiary/aromatic N) is 5. The van der Waals surface area contributed by atoms with Crippen LogP contribution in [-0.2, 0) is 0 Å². The van der Waals surface area contributed by atoms with Gasteiger partial charge in [-0.3, -0.25) is 19.8 Å². The summed E-state index contributed by atoms with van der Waals surface area (Å²) in [5, 5.41) is 0. The van der Waals surface area contributed by atoms with E-state index in [9.17, 15) is 0 Å². The van der Waals surface area contributed by atoms with Gasteiger partial charge >= 0.3 is 0 Å². The molecule has 5 rings (SSSR count). The van der Waals surface area contributed by atoms with Crippen molar-refractivity contribution in [2.24, 2.45) is 0 Å². The number of aryl methyl sites for hydroxylation is 1. The van der Waals surface area contributed by atoms with Crippen molar-refractivity contribution in [3.05, 3.63) is 53.6 Å². The molecule has 4 atom stereocenters. The van der Waals surface area contributed by atoms with Crippen LogP contribution in [0.3, 0.4) is 0 Å². The quantitative estimate of drug-likeness (QED) is 0.817. The summed E-state index contributed by atoms with van der Waals surface area (Å²) in [5.41, 5.74) is 5.47. The minimum atomic E-state index is 0.239. The van der Waals surface area contributed by atoms with Gasteiger partial charge < -0.3 is 4.90 Å². The monoisotopic (exact) mass is 377 g/mol. The molecule has 0 amide bonds. The van der Waals surface area contributed by atoms with E-state index in [-0.39, 0.29) is 6.04 Å². The van der Waals surface area contributed by atoms with E-state index in [0.717, 1.165) is 18.3 Å². The highest BCUT2D eigenvalue weighted by molar-refractivity contribution is 5.64. The van der Waals surface area contributed by atoms with Gasteiger partial charge in [0.2, 0.25) is 0 Å². The van der Waals surface area contributed by atoms with Crippen LogP contribution in [0.1, 0.15) is 48.0 Å². The fourth-order valence-corrected chi connectivity index (χ4v) is 5.84. The van der Waals surface area contributed by atoms with E-state index < -0.39 is 0 Å². The molecule has 4 unspecified atom stereocenters. The van der Waals surface area contributed by atoms with Crippen LogP contribution in [-0.4, -0.2) is 65.6 Å². The molecule has 0 N–H and O–H groups in total. The topological polar surface area (TPSA) is 35.5 Å². The first-order chi connectivity index (χ1) is 13.6. The molecule has 1 aromatic heterocycles. The van der Waals surface area contributed by atoms with Crippen molar-refractivity contribution in [1.82, 2.24) is 19.8 Å². The highest BCUT2D eigenvalue weighted by atomic mass is 15.3. The third-order valence-electron chi connectivity index (χ3n) is 7.12. The summed E-state index contributed by atoms with van der Waals surface area (Å²) in [7, 11) is 4.31. The van der Waals surface area contributed by atoms with Gasteiger partial charge in [0.15, 0.2) is 0 Å². The Morgan fingerprint density at radius 3 is 2.82 bits per heavy atom. The predicted molar refractivity (Wildman–Crippen MR) is 113 cm³/mol. The molecule has 0 bridgehead atoms. The van der Waals surface area contributed by atoms with Gasteiger partial charge in [-0.15, -0.1) is 0 Å². The lowest BCUT2D eigenvalue weighted by atomic mass is 9.82. The van der Waals surface area contributed by atoms with Crippen molar-refractivity contribution >= 4 is 5.69 Å². The van der Waals surface area contributed by atoms with E-state index in [1.807, 2.05) is 12.4 Å². The first-order valence-electron chi connectivity index (χ1n) is 10.7. The summed E-state index contributed by atoms with van der Waals surface area (Å²) in [6.07, 6.45) is 9.46. The second-order valence-corrected chi connectivity index (χ2v) is 8.95. The molecule has 2 fully saturated rings. The fraction of sp³-hybridized carbons (Fsp3) is 0.565. The van der Waals surface area contributed by atoms with Crippen LogP contribution >= 0.6 is 0 Å². The van der Waals surface area contributed by atoms with Gasteiger partial charge in [-0.2, -0.15) is 0 Å². The molecule has 5 nitrogen and oxygen atoms in total. The number of fused-ring (bicyclic) bond motifs is 5. The van der Waals surface area contributed by atoms with Crippen LogP contribution in [0, 0.1) is 6.92 Å². The molecule has 0 spiro atoms. The minimum absolute atomic E-state index is 0.239. The Morgan fingerprint density at radius 1 is 1.14 bits per heavy atom. The van der Waals surface area contributed by atoms with E-state index in [2.05, 4.69) is 63.9 Å². The third-order valence-corrected chi connectivity index (χ3v) is 7.12. The number of rotatable bonds is 4. The SMILES string of the molecule is Cc1ccc2c(c1)C1C3CCCN3CCC1N2CC(c1cnccn1)N(C)C. The lowest BCUT2D eigenvalue weighted by molar-refractivity contribution is 0.155. The highest BCUT2D eigenvalue weighted by Crippen LogP contribution is 2.50. The summed E-state index contributed by atoms with van der Waals surface area (Å²) in [4.78, 5) is 16.7. The summed E-state index contributed by atoms with van der Waals surface area (Å²) in [6, 6.07) is 8.67. The Labute approximate surface area is 168 Å². The molecule has 1 aromatic carbocycles. The summed E-state index contributed by atoms with van der Waals surface area (Å²) >= 11 is 0. The molecule has 4 heterocycles. The molecule has 0 saturated carbocycles. The van der Waals surface area contributed by atoms with Crippen molar-refractivity contribution in [2.45, 2.75) is 50.2 Å². The second kappa shape index (κ2) is 7.12. The summed E-state index contributed by atoms with van der Waals surface area (Å²) in [6.45, 7) is 5.73. The largest absolute Gasteiger partial charge is 0.366 e. The Balaban J connectivity index is 1.52. The molecule has 148 valence electrons. The minimum Gasteiger partial charge on any atom is -0.366 e. The van der Waals surface area contributed by atoms with Crippen LogP contribution < -0.4 is 4.90 Å². The molecule has 28 heavy (non-hydrogen) atoms. The van der Waals surface area contributed by atoms with Gasteiger partial charge in [0.25, 0.3) is 0 Å². The predicted octanol–water partition coefficient (Wildman–Crippen LogP) is 3.23. The number of hydrogen-bond acceptors (Lipinski definition) is 5. The number of piperidine rings is 1. The van der Waals surface area contributed by atoms with Crippen molar-refractivity contribution < 1.29 is 0 Å². The highest BCUT2D eigenvalue weighted by Gasteiger charge is 2.49. The van der Waals surface area contributed by atoms with Crippen LogP contribution in [0.15, 0.2) is 36.8 Å². The van der Waals surface area contributed by atoms with E-state index in [0.29, 0.717) is 12.0 Å². The van der Waals surface area contributed by atoms with Crippen molar-refractivity contribution in [3.8, 4) is 0 Å². The summed E-state index contributed by atoms with van der Waals surface area (Å²) in [5.74, 6) is 0.649. The normalized spacial score (nSPS) is 27.6. The van der Waals surface area contributed by atoms with Gasteiger partial charge in [0.1, 0.15) is 0 Å². The second-order valence-electron chi connectivity index (χ2n) is 8.95. The first-order valence-corrected chi connectivity index (χ1v) is 10.7. The lowest BCUT2D eigenvalue weighted by Crippen LogP contribution is -2.51. The smallest absolute Gasteiger partial charge is 0.0776 e. The molecular formula is C23H31N5. The average Bonchev–Trinajstić information content (AvgIpc) is 3.28. The fourth-order valence-electron chi connectivity index (χ4n) is 5.84. The molecule has 0 radical (unpaired) electrons. The number of aromatic nitrogens is 2. The number of anilines is 1. The van der Waals surface area contributed by atoms with Crippen molar-refractivity contribution in [3.63, 3.8) is 0 Å². The maximum absolute atomic E-state index is 4.63. The number of benzene rings is 1. The van der Waals surface area contributed by atoms with E-state index in [1.165, 1.54) is 43.6 Å². The number of likely N-dealkylation sites (N-methyl/N-ethyl adjacent to an activating group) is 1. The first kappa shape index (κ1) is 18.1. The molecule has 2 saturated heterocycles. The van der Waals surface area contributed by atoms with E-state index in [1.54, 1.807) is 11.8 Å². The Hall–Kier alpha value is -1.98. The Kier molecular flexibility index (Phi) is 4.60. The van der Waals surface area contributed by atoms with Crippen LogP contribution in [0.25, 0.3) is 0 Å². The Morgan fingerprint density at radius 2 is 2.04 bits per heavy atom. The molecular weight excluding hydrogens is 346 g/mol. The molecule has 3 aliphatic heterocycles. The average molecular weight is 378 g/mol. The zero-order valence-corrected chi connectivity index (χ0v) is 17.3. The standard InChI is InChI=1S/C23H31N5/c1-16-6-7-19-17(13-16)23-20-5-4-11-27(20)12-8-21(23)28(19)15-22(26(2)3)18-14-24-9-10-25-18/h6-7,9-10,13-14,20-23H,4-5,8,11-12,15H2,1-3H3. The lowest BCUT2D eigenvalue weighted by Gasteiger charge is -2.43. The molecule has 2 aromatic rings. The van der Waals surface area contributed by atoms with Crippen molar-refractivity contribution in [1.29, 1.82) is 0 Å². The zero-order chi connectivity index (χ0) is 19.3. The van der Waals surface area contributed by atoms with Crippen LogP contribution in [0.4, 0.5) is 5.69 Å². The summed E-state index contributed by atoms with van der Waals surface area (Å²) < 4.78 is 0.